The summed E-state index contributed by atoms with van der Waals surface area (Å²) >= 11 is 23.4. The summed E-state index contributed by atoms with van der Waals surface area (Å²) in [5.74, 6) is 0.518. The lowest BCUT2D eigenvalue weighted by Gasteiger charge is -2.14. The molecule has 106 valence electrons. The van der Waals surface area contributed by atoms with Crippen LogP contribution in [0.25, 0.3) is 0 Å². The van der Waals surface area contributed by atoms with Crippen LogP contribution in [-0.4, -0.2) is 4.89 Å². The van der Waals surface area contributed by atoms with E-state index in [4.69, 9.17) is 55.5 Å². The molecule has 0 bridgehead atoms. The Morgan fingerprint density at radius 2 is 1.15 bits per heavy atom. The maximum atomic E-state index is 9.78. The second-order valence-corrected chi connectivity index (χ2v) is 6.10. The lowest BCUT2D eigenvalue weighted by molar-refractivity contribution is 0.382. The molecule has 0 aromatic heterocycles. The summed E-state index contributed by atoms with van der Waals surface area (Å²) in [6.45, 7) is 0. The van der Waals surface area contributed by atoms with Crippen LogP contribution in [0.4, 0.5) is 0 Å². The smallest absolute Gasteiger partial charge is 0.416 e. The summed E-state index contributed by atoms with van der Waals surface area (Å²) in [6, 6.07) is 9.22. The van der Waals surface area contributed by atoms with Gasteiger partial charge in [-0.3, -0.25) is 0 Å². The van der Waals surface area contributed by atoms with E-state index in [9.17, 15) is 4.89 Å². The second-order valence-electron chi connectivity index (χ2n) is 3.57. The largest absolute Gasteiger partial charge is 0.460 e. The lowest BCUT2D eigenvalue weighted by atomic mass is 10.3. The molecule has 0 aliphatic carbocycles. The highest BCUT2D eigenvalue weighted by atomic mass is 35.5. The molecular weight excluding hydrogens is 365 g/mol. The van der Waals surface area contributed by atoms with Crippen LogP contribution in [0.2, 0.25) is 20.1 Å². The summed E-state index contributed by atoms with van der Waals surface area (Å²) in [7, 11) is -2.24. The number of hydrogen-bond acceptors (Lipinski definition) is 3. The summed E-state index contributed by atoms with van der Waals surface area (Å²) < 4.78 is 10.4. The molecular formula is C12H7Cl4O3P. The Morgan fingerprint density at radius 1 is 0.750 bits per heavy atom. The van der Waals surface area contributed by atoms with E-state index >= 15 is 0 Å². The Morgan fingerprint density at radius 3 is 1.50 bits per heavy atom. The fourth-order valence-electron chi connectivity index (χ4n) is 1.29. The number of hydrogen-bond donors (Lipinski definition) is 1. The molecule has 0 spiro atoms. The molecule has 3 nitrogen and oxygen atoms in total. The van der Waals surface area contributed by atoms with Gasteiger partial charge in [0.25, 0.3) is 0 Å². The third-order valence-corrected chi connectivity index (χ3v) is 3.91. The van der Waals surface area contributed by atoms with E-state index in [2.05, 4.69) is 0 Å². The second kappa shape index (κ2) is 7.04. The standard InChI is InChI=1S/C12H7Cl4O3P/c13-7-1-3-11(9(15)5-7)18-20(17)19-12-4-2-8(14)6-10(12)16/h1-6,17H. The first-order valence-corrected chi connectivity index (χ1v) is 7.85. The molecule has 1 N–H and O–H groups in total. The zero-order valence-electron chi connectivity index (χ0n) is 9.69. The fraction of sp³-hybridized carbons (Fsp3) is 0. The van der Waals surface area contributed by atoms with E-state index in [1.54, 1.807) is 12.1 Å². The van der Waals surface area contributed by atoms with Crippen LogP contribution >= 0.6 is 55.0 Å². The normalized spacial score (nSPS) is 10.7. The van der Waals surface area contributed by atoms with E-state index in [0.717, 1.165) is 0 Å². The van der Waals surface area contributed by atoms with Crippen molar-refractivity contribution < 1.29 is 13.9 Å². The highest BCUT2D eigenvalue weighted by Crippen LogP contribution is 2.42. The van der Waals surface area contributed by atoms with Gasteiger partial charge in [-0.1, -0.05) is 46.4 Å². The van der Waals surface area contributed by atoms with Gasteiger partial charge in [-0.25, -0.2) is 0 Å². The molecule has 0 aliphatic heterocycles. The Hall–Kier alpha value is -0.410. The third kappa shape index (κ3) is 4.29. The molecule has 0 atom stereocenters. The maximum Gasteiger partial charge on any atom is 0.460 e. The van der Waals surface area contributed by atoms with Crippen LogP contribution in [0.5, 0.6) is 11.5 Å². The van der Waals surface area contributed by atoms with Gasteiger partial charge < -0.3 is 13.9 Å². The van der Waals surface area contributed by atoms with Crippen molar-refractivity contribution >= 4 is 55.0 Å². The van der Waals surface area contributed by atoms with Crippen molar-refractivity contribution in [3.63, 3.8) is 0 Å². The molecule has 0 saturated carbocycles. The average molecular weight is 372 g/mol. The van der Waals surface area contributed by atoms with Crippen LogP contribution in [-0.2, 0) is 0 Å². The number of rotatable bonds is 4. The van der Waals surface area contributed by atoms with E-state index in [1.165, 1.54) is 24.3 Å². The van der Waals surface area contributed by atoms with Crippen LogP contribution in [0, 0.1) is 0 Å². The highest BCUT2D eigenvalue weighted by molar-refractivity contribution is 7.41. The predicted octanol–water partition coefficient (Wildman–Crippen LogP) is 5.98. The van der Waals surface area contributed by atoms with Gasteiger partial charge in [-0.15, -0.1) is 0 Å². The van der Waals surface area contributed by atoms with Crippen molar-refractivity contribution in [1.29, 1.82) is 0 Å². The minimum absolute atomic E-state index is 0.259. The SMILES string of the molecule is OP(Oc1ccc(Cl)cc1Cl)Oc1ccc(Cl)cc1Cl. The van der Waals surface area contributed by atoms with Crippen molar-refractivity contribution in [2.75, 3.05) is 0 Å². The fourth-order valence-corrected chi connectivity index (χ4v) is 2.98. The zero-order valence-corrected chi connectivity index (χ0v) is 13.6. The van der Waals surface area contributed by atoms with Crippen molar-refractivity contribution in [2.45, 2.75) is 0 Å². The Kier molecular flexibility index (Phi) is 5.62. The summed E-state index contributed by atoms with van der Waals surface area (Å²) in [5.41, 5.74) is 0. The zero-order chi connectivity index (χ0) is 14.7. The summed E-state index contributed by atoms with van der Waals surface area (Å²) in [5, 5.41) is 1.47. The molecule has 2 aromatic rings. The molecule has 0 fully saturated rings. The molecule has 0 amide bonds. The highest BCUT2D eigenvalue weighted by Gasteiger charge is 2.16. The van der Waals surface area contributed by atoms with Crippen molar-refractivity contribution in [1.82, 2.24) is 0 Å². The van der Waals surface area contributed by atoms with Crippen molar-refractivity contribution in [2.24, 2.45) is 0 Å². The lowest BCUT2D eigenvalue weighted by Crippen LogP contribution is -1.95. The first-order chi connectivity index (χ1) is 9.45. The van der Waals surface area contributed by atoms with Gasteiger partial charge in [0.15, 0.2) is 0 Å². The summed E-state index contributed by atoms with van der Waals surface area (Å²) in [6.07, 6.45) is 0. The van der Waals surface area contributed by atoms with Gasteiger partial charge in [0.05, 0.1) is 10.0 Å². The van der Waals surface area contributed by atoms with E-state index in [0.29, 0.717) is 10.0 Å². The van der Waals surface area contributed by atoms with Gasteiger partial charge in [0.2, 0.25) is 0 Å². The number of halogens is 4. The third-order valence-electron chi connectivity index (χ3n) is 2.14. The molecule has 2 aromatic carbocycles. The van der Waals surface area contributed by atoms with Gasteiger partial charge in [-0.2, -0.15) is 0 Å². The minimum atomic E-state index is -2.24. The monoisotopic (exact) mass is 370 g/mol. The van der Waals surface area contributed by atoms with Crippen LogP contribution in [0.15, 0.2) is 36.4 Å². The topological polar surface area (TPSA) is 38.7 Å². The van der Waals surface area contributed by atoms with Crippen LogP contribution in [0.3, 0.4) is 0 Å². The predicted molar refractivity (Wildman–Crippen MR) is 83.3 cm³/mol. The van der Waals surface area contributed by atoms with Gasteiger partial charge in [-0.05, 0) is 36.4 Å². The Bertz CT molecular complexity index is 570. The Labute approximate surface area is 136 Å². The van der Waals surface area contributed by atoms with E-state index < -0.39 is 8.60 Å². The molecule has 8 heteroatoms. The van der Waals surface area contributed by atoms with Crippen LogP contribution in [0.1, 0.15) is 0 Å². The van der Waals surface area contributed by atoms with E-state index in [-0.39, 0.29) is 21.5 Å². The molecule has 0 heterocycles. The molecule has 0 aliphatic rings. The summed E-state index contributed by atoms with van der Waals surface area (Å²) in [4.78, 5) is 9.78. The van der Waals surface area contributed by atoms with Crippen LogP contribution < -0.4 is 9.05 Å². The minimum Gasteiger partial charge on any atom is -0.416 e. The Balaban J connectivity index is 2.07. The molecule has 0 radical (unpaired) electrons. The quantitative estimate of drug-likeness (QED) is 0.672. The van der Waals surface area contributed by atoms with Gasteiger partial charge in [0.1, 0.15) is 11.5 Å². The first-order valence-electron chi connectivity index (χ1n) is 5.21. The van der Waals surface area contributed by atoms with Crippen molar-refractivity contribution in [3.8, 4) is 11.5 Å². The first kappa shape index (κ1) is 16.0. The van der Waals surface area contributed by atoms with Gasteiger partial charge in [0, 0.05) is 10.0 Å². The number of benzene rings is 2. The van der Waals surface area contributed by atoms with Gasteiger partial charge >= 0.3 is 8.60 Å². The molecule has 0 unspecified atom stereocenters. The van der Waals surface area contributed by atoms with E-state index in [1.807, 2.05) is 0 Å². The molecule has 20 heavy (non-hydrogen) atoms. The molecule has 2 rings (SSSR count). The molecule has 0 saturated heterocycles. The maximum absolute atomic E-state index is 9.78. The van der Waals surface area contributed by atoms with Crippen molar-refractivity contribution in [3.05, 3.63) is 56.5 Å². The average Bonchev–Trinajstić information content (AvgIpc) is 2.36.